The minimum absolute atomic E-state index is 0.507. The van der Waals surface area contributed by atoms with E-state index in [4.69, 9.17) is 22.1 Å². The van der Waals surface area contributed by atoms with Crippen molar-refractivity contribution in [1.29, 1.82) is 0 Å². The Morgan fingerprint density at radius 2 is 2.21 bits per heavy atom. The van der Waals surface area contributed by atoms with Crippen molar-refractivity contribution >= 4 is 34.7 Å². The number of benzene rings is 1. The fourth-order valence-electron chi connectivity index (χ4n) is 1.61. The molecule has 1 heterocycles. The van der Waals surface area contributed by atoms with E-state index in [2.05, 4.69) is 4.98 Å². The molecule has 0 bridgehead atoms. The predicted molar refractivity (Wildman–Crippen MR) is 81.7 cm³/mol. The van der Waals surface area contributed by atoms with E-state index in [0.717, 1.165) is 31.2 Å². The molecule has 1 aromatic heterocycles. The first-order valence-electron chi connectivity index (χ1n) is 5.78. The van der Waals surface area contributed by atoms with Gasteiger partial charge in [0.25, 0.3) is 0 Å². The van der Waals surface area contributed by atoms with Crippen molar-refractivity contribution in [2.45, 2.75) is 23.8 Å². The first-order chi connectivity index (χ1) is 9.24. The van der Waals surface area contributed by atoms with E-state index in [-0.39, 0.29) is 0 Å². The number of nitrogens with zero attached hydrogens (tertiary/aromatic N) is 1. The largest absolute Gasteiger partial charge is 0.378 e. The van der Waals surface area contributed by atoms with Crippen LogP contribution in [0.1, 0.15) is 15.6 Å². The molecule has 0 amide bonds. The molecule has 2 N–H and O–H groups in total. The topological polar surface area (TPSA) is 48.1 Å². The maximum Gasteiger partial charge on any atom is 0.104 e. The Bertz CT molecular complexity index is 545. The molecule has 19 heavy (non-hydrogen) atoms. The quantitative estimate of drug-likeness (QED) is 0.826. The number of thioether (sulfide) groups is 1. The van der Waals surface area contributed by atoms with Crippen molar-refractivity contribution in [1.82, 2.24) is 4.98 Å². The van der Waals surface area contributed by atoms with Gasteiger partial charge in [0, 0.05) is 23.4 Å². The van der Waals surface area contributed by atoms with E-state index in [1.807, 2.05) is 24.3 Å². The number of hydrogen-bond donors (Lipinski definition) is 1. The standard InChI is InChI=1S/C13H15ClN2OS2/c1-17-7-10-12(6-15)19-13(16-10)8-18-11-5-3-2-4-9(11)14/h2-5H,6-8,15H2,1H3. The van der Waals surface area contributed by atoms with Crippen molar-refractivity contribution in [3.05, 3.63) is 44.9 Å². The molecule has 0 unspecified atom stereocenters. The minimum Gasteiger partial charge on any atom is -0.378 e. The number of nitrogens with two attached hydrogens (primary N) is 1. The molecular weight excluding hydrogens is 300 g/mol. The molecule has 0 saturated heterocycles. The summed E-state index contributed by atoms with van der Waals surface area (Å²) in [6.07, 6.45) is 0. The van der Waals surface area contributed by atoms with E-state index in [0.29, 0.717) is 13.2 Å². The third-order valence-corrected chi connectivity index (χ3v) is 5.31. The summed E-state index contributed by atoms with van der Waals surface area (Å²) in [4.78, 5) is 6.73. The maximum atomic E-state index is 6.13. The molecule has 3 nitrogen and oxygen atoms in total. The molecule has 1 aromatic carbocycles. The van der Waals surface area contributed by atoms with E-state index in [1.165, 1.54) is 0 Å². The monoisotopic (exact) mass is 314 g/mol. The summed E-state index contributed by atoms with van der Waals surface area (Å²) in [5.41, 5.74) is 6.66. The van der Waals surface area contributed by atoms with Crippen LogP contribution in [0.25, 0.3) is 0 Å². The first-order valence-corrected chi connectivity index (χ1v) is 7.96. The van der Waals surface area contributed by atoms with Gasteiger partial charge in [-0.05, 0) is 12.1 Å². The zero-order chi connectivity index (χ0) is 13.7. The van der Waals surface area contributed by atoms with Crippen LogP contribution in [0.5, 0.6) is 0 Å². The minimum atomic E-state index is 0.507. The Morgan fingerprint density at radius 3 is 2.89 bits per heavy atom. The van der Waals surface area contributed by atoms with Gasteiger partial charge in [0.1, 0.15) is 5.01 Å². The van der Waals surface area contributed by atoms with Crippen molar-refractivity contribution in [2.24, 2.45) is 5.73 Å². The van der Waals surface area contributed by atoms with Crippen LogP contribution in [-0.2, 0) is 23.6 Å². The van der Waals surface area contributed by atoms with Crippen LogP contribution < -0.4 is 5.73 Å². The molecule has 0 aliphatic carbocycles. The number of ether oxygens (including phenoxy) is 1. The highest BCUT2D eigenvalue weighted by molar-refractivity contribution is 7.98. The summed E-state index contributed by atoms with van der Waals surface area (Å²) >= 11 is 9.46. The van der Waals surface area contributed by atoms with Gasteiger partial charge in [-0.15, -0.1) is 23.1 Å². The van der Waals surface area contributed by atoms with Crippen LogP contribution in [-0.4, -0.2) is 12.1 Å². The van der Waals surface area contributed by atoms with Crippen LogP contribution in [0, 0.1) is 0 Å². The Hall–Kier alpha value is -0.590. The molecule has 2 rings (SSSR count). The summed E-state index contributed by atoms with van der Waals surface area (Å²) in [5, 5.41) is 1.83. The second-order valence-corrected chi connectivity index (χ2v) is 6.43. The zero-order valence-electron chi connectivity index (χ0n) is 10.6. The molecule has 2 aromatic rings. The summed E-state index contributed by atoms with van der Waals surface area (Å²) < 4.78 is 5.13. The zero-order valence-corrected chi connectivity index (χ0v) is 12.9. The van der Waals surface area contributed by atoms with Gasteiger partial charge >= 0.3 is 0 Å². The van der Waals surface area contributed by atoms with Crippen LogP contribution in [0.3, 0.4) is 0 Å². The van der Waals surface area contributed by atoms with E-state index < -0.39 is 0 Å². The molecule has 0 atom stereocenters. The van der Waals surface area contributed by atoms with Crippen molar-refractivity contribution in [3.63, 3.8) is 0 Å². The van der Waals surface area contributed by atoms with Gasteiger partial charge < -0.3 is 10.5 Å². The highest BCUT2D eigenvalue weighted by Gasteiger charge is 2.10. The molecule has 0 aliphatic rings. The van der Waals surface area contributed by atoms with Gasteiger partial charge in [-0.25, -0.2) is 4.98 Å². The Kier molecular flexibility index (Phi) is 5.66. The highest BCUT2D eigenvalue weighted by Crippen LogP contribution is 2.31. The molecule has 6 heteroatoms. The van der Waals surface area contributed by atoms with Crippen molar-refractivity contribution < 1.29 is 4.74 Å². The smallest absolute Gasteiger partial charge is 0.104 e. The highest BCUT2D eigenvalue weighted by atomic mass is 35.5. The number of halogens is 1. The Morgan fingerprint density at radius 1 is 1.42 bits per heavy atom. The van der Waals surface area contributed by atoms with E-state index >= 15 is 0 Å². The van der Waals surface area contributed by atoms with Gasteiger partial charge in [-0.2, -0.15) is 0 Å². The third kappa shape index (κ3) is 3.94. The number of thiazole rings is 1. The first kappa shape index (κ1) is 14.8. The Labute approximate surface area is 126 Å². The molecule has 0 saturated carbocycles. The second-order valence-electron chi connectivity index (χ2n) is 3.83. The maximum absolute atomic E-state index is 6.13. The lowest BCUT2D eigenvalue weighted by Gasteiger charge is -2.01. The van der Waals surface area contributed by atoms with Crippen LogP contribution in [0.2, 0.25) is 5.02 Å². The van der Waals surface area contributed by atoms with E-state index in [9.17, 15) is 0 Å². The van der Waals surface area contributed by atoms with Crippen molar-refractivity contribution in [2.75, 3.05) is 7.11 Å². The molecule has 0 aliphatic heterocycles. The van der Waals surface area contributed by atoms with Gasteiger partial charge in [0.15, 0.2) is 0 Å². The van der Waals surface area contributed by atoms with Crippen molar-refractivity contribution in [3.8, 4) is 0 Å². The van der Waals surface area contributed by atoms with Gasteiger partial charge in [0.2, 0.25) is 0 Å². The van der Waals surface area contributed by atoms with Gasteiger partial charge in [0.05, 0.1) is 23.1 Å². The number of hydrogen-bond acceptors (Lipinski definition) is 5. The molecule has 0 radical (unpaired) electrons. The average molecular weight is 315 g/mol. The van der Waals surface area contributed by atoms with Gasteiger partial charge in [-0.1, -0.05) is 23.7 Å². The lowest BCUT2D eigenvalue weighted by molar-refractivity contribution is 0.181. The molecule has 102 valence electrons. The predicted octanol–water partition coefficient (Wildman–Crippen LogP) is 3.69. The third-order valence-electron chi connectivity index (χ3n) is 2.48. The normalized spacial score (nSPS) is 10.9. The summed E-state index contributed by atoms with van der Waals surface area (Å²) in [6, 6.07) is 7.82. The van der Waals surface area contributed by atoms with Gasteiger partial charge in [-0.3, -0.25) is 0 Å². The van der Waals surface area contributed by atoms with Crippen LogP contribution >= 0.6 is 34.7 Å². The average Bonchev–Trinajstić information content (AvgIpc) is 2.81. The Balaban J connectivity index is 2.05. The summed E-state index contributed by atoms with van der Waals surface area (Å²) in [7, 11) is 1.66. The molecule has 0 spiro atoms. The SMILES string of the molecule is COCc1nc(CSc2ccccc2Cl)sc1CN. The summed E-state index contributed by atoms with van der Waals surface area (Å²) in [5.74, 6) is 0.797. The number of aromatic nitrogens is 1. The molecule has 0 fully saturated rings. The summed E-state index contributed by atoms with van der Waals surface area (Å²) in [6.45, 7) is 1.02. The fourth-order valence-corrected chi connectivity index (χ4v) is 3.79. The lowest BCUT2D eigenvalue weighted by Crippen LogP contribution is -1.99. The fraction of sp³-hybridized carbons (Fsp3) is 0.308. The van der Waals surface area contributed by atoms with Crippen LogP contribution in [0.4, 0.5) is 0 Å². The number of methoxy groups -OCH3 is 1. The molecular formula is C13H15ClN2OS2. The van der Waals surface area contributed by atoms with E-state index in [1.54, 1.807) is 30.2 Å². The van der Waals surface area contributed by atoms with Crippen LogP contribution in [0.15, 0.2) is 29.2 Å². The lowest BCUT2D eigenvalue weighted by atomic mass is 10.4. The number of rotatable bonds is 6. The second kappa shape index (κ2) is 7.26.